The van der Waals surface area contributed by atoms with Gasteiger partial charge >= 0.3 is 5.97 Å². The lowest BCUT2D eigenvalue weighted by Crippen LogP contribution is -2.30. The van der Waals surface area contributed by atoms with E-state index in [2.05, 4.69) is 26.7 Å². The van der Waals surface area contributed by atoms with E-state index in [0.717, 1.165) is 10.4 Å². The van der Waals surface area contributed by atoms with Crippen molar-refractivity contribution in [3.05, 3.63) is 70.6 Å². The smallest absolute Gasteiger partial charge is 0.311 e. The van der Waals surface area contributed by atoms with Crippen LogP contribution in [0.15, 0.2) is 48.9 Å². The highest BCUT2D eigenvalue weighted by Crippen LogP contribution is 2.41. The van der Waals surface area contributed by atoms with E-state index < -0.39 is 0 Å². The second-order valence-corrected chi connectivity index (χ2v) is 8.44. The average Bonchev–Trinajstić information content (AvgIpc) is 3.18. The molecule has 9 heteroatoms. The highest BCUT2D eigenvalue weighted by atomic mass is 32.1. The molecule has 0 aromatic carbocycles. The summed E-state index contributed by atoms with van der Waals surface area (Å²) in [6, 6.07) is 11.4. The predicted molar refractivity (Wildman–Crippen MR) is 120 cm³/mol. The molecule has 1 aliphatic rings. The molecule has 0 saturated heterocycles. The van der Waals surface area contributed by atoms with E-state index in [1.165, 1.54) is 11.3 Å². The molecule has 0 bridgehead atoms. The van der Waals surface area contributed by atoms with Crippen molar-refractivity contribution in [2.24, 2.45) is 5.92 Å². The summed E-state index contributed by atoms with van der Waals surface area (Å²) in [6.07, 6.45) is 6.38. The number of carbonyl (C=O) groups excluding carboxylic acids is 2. The molecule has 0 spiro atoms. The largest absolute Gasteiger partial charge is 0.459 e. The van der Waals surface area contributed by atoms with Gasteiger partial charge in [0.1, 0.15) is 23.2 Å². The third-order valence-corrected chi connectivity index (χ3v) is 6.22. The van der Waals surface area contributed by atoms with Crippen LogP contribution in [-0.4, -0.2) is 28.4 Å². The Morgan fingerprint density at radius 3 is 2.94 bits per heavy atom. The van der Waals surface area contributed by atoms with Crippen LogP contribution in [0.25, 0.3) is 0 Å². The molecule has 0 aliphatic carbocycles. The van der Waals surface area contributed by atoms with Crippen molar-refractivity contribution in [2.45, 2.75) is 25.9 Å². The number of anilines is 2. The summed E-state index contributed by atoms with van der Waals surface area (Å²) >= 11 is 1.32. The maximum Gasteiger partial charge on any atom is 0.311 e. The molecule has 3 aromatic heterocycles. The zero-order chi connectivity index (χ0) is 22.3. The van der Waals surface area contributed by atoms with E-state index in [1.807, 2.05) is 18.2 Å². The van der Waals surface area contributed by atoms with Crippen LogP contribution >= 0.6 is 11.3 Å². The van der Waals surface area contributed by atoms with E-state index in [4.69, 9.17) is 4.74 Å². The lowest BCUT2D eigenvalue weighted by atomic mass is 9.99. The van der Waals surface area contributed by atoms with Gasteiger partial charge < -0.3 is 15.4 Å². The van der Waals surface area contributed by atoms with Crippen molar-refractivity contribution in [2.75, 3.05) is 17.2 Å². The second kappa shape index (κ2) is 10.0. The van der Waals surface area contributed by atoms with Crippen molar-refractivity contribution in [1.29, 1.82) is 5.26 Å². The van der Waals surface area contributed by atoms with Crippen molar-refractivity contribution >= 4 is 33.9 Å². The first-order valence-electron chi connectivity index (χ1n) is 10.2. The van der Waals surface area contributed by atoms with Crippen LogP contribution in [0.4, 0.5) is 10.7 Å². The molecule has 0 fully saturated rings. The highest BCUT2D eigenvalue weighted by molar-refractivity contribution is 7.17. The van der Waals surface area contributed by atoms with Crippen molar-refractivity contribution < 1.29 is 14.3 Å². The molecule has 4 rings (SSSR count). The van der Waals surface area contributed by atoms with Gasteiger partial charge in [-0.25, -0.2) is 0 Å². The number of hydrogen-bond acceptors (Lipinski definition) is 8. The van der Waals surface area contributed by atoms with Crippen LogP contribution in [0.1, 0.15) is 28.1 Å². The third-order valence-electron chi connectivity index (χ3n) is 5.09. The van der Waals surface area contributed by atoms with E-state index >= 15 is 0 Å². The van der Waals surface area contributed by atoms with Gasteiger partial charge in [0.25, 0.3) is 0 Å². The zero-order valence-corrected chi connectivity index (χ0v) is 18.0. The van der Waals surface area contributed by atoms with Gasteiger partial charge in [-0.05, 0) is 36.6 Å². The molecule has 0 radical (unpaired) electrons. The second-order valence-electron chi connectivity index (χ2n) is 7.34. The zero-order valence-electron chi connectivity index (χ0n) is 17.2. The molecular formula is C23H21N5O3S. The Bertz CT molecular complexity index is 1140. The minimum atomic E-state index is -0.370. The average molecular weight is 448 g/mol. The van der Waals surface area contributed by atoms with E-state index in [-0.39, 0.29) is 30.8 Å². The van der Waals surface area contributed by atoms with Crippen molar-refractivity contribution in [1.82, 2.24) is 9.97 Å². The van der Waals surface area contributed by atoms with Crippen LogP contribution in [0.2, 0.25) is 0 Å². The maximum atomic E-state index is 12.5. The van der Waals surface area contributed by atoms with Crippen LogP contribution in [0, 0.1) is 17.2 Å². The first-order chi connectivity index (χ1) is 15.6. The van der Waals surface area contributed by atoms with Crippen LogP contribution in [-0.2, 0) is 33.8 Å². The highest BCUT2D eigenvalue weighted by Gasteiger charge is 2.31. The number of rotatable bonds is 7. The minimum Gasteiger partial charge on any atom is -0.459 e. The summed E-state index contributed by atoms with van der Waals surface area (Å²) in [5.41, 5.74) is 2.75. The molecule has 32 heavy (non-hydrogen) atoms. The standard InChI is InChI=1S/C23H21N5O3S/c24-11-18-21-19(32-22(18)28-20(29)7-6-15-4-3-8-25-12-15)10-16(13-27-21)23(30)31-14-17-5-1-2-9-26-17/h1-5,8-9,12,16,27H,6-7,10,13-14H2,(H,28,29). The Hall–Kier alpha value is -3.77. The minimum absolute atomic E-state index is 0.120. The number of thiophene rings is 1. The number of aromatic nitrogens is 2. The Kier molecular flexibility index (Phi) is 6.72. The van der Waals surface area contributed by atoms with Gasteiger partial charge in [0.2, 0.25) is 5.91 Å². The summed E-state index contributed by atoms with van der Waals surface area (Å²) in [6.45, 7) is 0.489. The Morgan fingerprint density at radius 1 is 1.28 bits per heavy atom. The summed E-state index contributed by atoms with van der Waals surface area (Å²) in [7, 11) is 0. The van der Waals surface area contributed by atoms with Gasteiger partial charge in [-0.1, -0.05) is 12.1 Å². The topological polar surface area (TPSA) is 117 Å². The Balaban J connectivity index is 1.37. The fraction of sp³-hybridized carbons (Fsp3) is 0.261. The molecule has 1 unspecified atom stereocenters. The third kappa shape index (κ3) is 5.10. The number of nitrogens with zero attached hydrogens (tertiary/aromatic N) is 3. The quantitative estimate of drug-likeness (QED) is 0.534. The molecule has 162 valence electrons. The first-order valence-corrected chi connectivity index (χ1v) is 11.0. The van der Waals surface area contributed by atoms with Crippen molar-refractivity contribution in [3.63, 3.8) is 0 Å². The van der Waals surface area contributed by atoms with E-state index in [9.17, 15) is 14.9 Å². The molecule has 1 amide bonds. The molecular weight excluding hydrogens is 426 g/mol. The fourth-order valence-corrected chi connectivity index (χ4v) is 4.65. The van der Waals surface area contributed by atoms with Crippen molar-refractivity contribution in [3.8, 4) is 6.07 Å². The molecule has 3 aromatic rings. The molecule has 0 saturated carbocycles. The van der Waals surface area contributed by atoms with Crippen LogP contribution in [0.5, 0.6) is 0 Å². The molecule has 4 heterocycles. The Morgan fingerprint density at radius 2 is 2.19 bits per heavy atom. The number of fused-ring (bicyclic) bond motifs is 1. The van der Waals surface area contributed by atoms with E-state index in [0.29, 0.717) is 41.3 Å². The normalized spacial score (nSPS) is 14.5. The monoisotopic (exact) mass is 447 g/mol. The van der Waals surface area contributed by atoms with E-state index in [1.54, 1.807) is 30.7 Å². The molecule has 1 aliphatic heterocycles. The number of carbonyl (C=O) groups is 2. The number of nitrogens with one attached hydrogen (secondary N) is 2. The fourth-order valence-electron chi connectivity index (χ4n) is 3.43. The summed E-state index contributed by atoms with van der Waals surface area (Å²) in [4.78, 5) is 34.0. The number of amides is 1. The van der Waals surface area contributed by atoms with Crippen LogP contribution in [0.3, 0.4) is 0 Å². The Labute approximate surface area is 189 Å². The molecule has 8 nitrogen and oxygen atoms in total. The first kappa shape index (κ1) is 21.5. The summed E-state index contributed by atoms with van der Waals surface area (Å²) in [5, 5.41) is 16.2. The van der Waals surface area contributed by atoms with Gasteiger partial charge in [-0.2, -0.15) is 5.26 Å². The van der Waals surface area contributed by atoms with Gasteiger partial charge in [0.15, 0.2) is 0 Å². The maximum absolute atomic E-state index is 12.5. The SMILES string of the molecule is N#Cc1c(NC(=O)CCc2cccnc2)sc2c1NCC(C(=O)OCc1ccccn1)C2. The summed E-state index contributed by atoms with van der Waals surface area (Å²) < 4.78 is 5.41. The lowest BCUT2D eigenvalue weighted by Gasteiger charge is -2.22. The number of esters is 1. The van der Waals surface area contributed by atoms with Gasteiger partial charge in [-0.15, -0.1) is 11.3 Å². The number of nitriles is 1. The molecule has 1 atom stereocenters. The number of pyridine rings is 2. The van der Waals surface area contributed by atoms with Gasteiger partial charge in [0.05, 0.1) is 17.3 Å². The van der Waals surface area contributed by atoms with Gasteiger partial charge in [-0.3, -0.25) is 19.6 Å². The lowest BCUT2D eigenvalue weighted by molar-refractivity contribution is -0.149. The van der Waals surface area contributed by atoms with Gasteiger partial charge in [0, 0.05) is 36.4 Å². The number of aryl methyl sites for hydroxylation is 1. The number of ether oxygens (including phenoxy) is 1. The van der Waals surface area contributed by atoms with Crippen LogP contribution < -0.4 is 10.6 Å². The molecule has 2 N–H and O–H groups in total. The predicted octanol–water partition coefficient (Wildman–Crippen LogP) is 3.31. The summed E-state index contributed by atoms with van der Waals surface area (Å²) in [5.74, 6) is -0.858. The number of hydrogen-bond donors (Lipinski definition) is 2.